The van der Waals surface area contributed by atoms with Crippen molar-refractivity contribution >= 4 is 21.7 Å². The van der Waals surface area contributed by atoms with Gasteiger partial charge in [0.2, 0.25) is 0 Å². The van der Waals surface area contributed by atoms with Gasteiger partial charge in [-0.2, -0.15) is 0 Å². The van der Waals surface area contributed by atoms with E-state index in [0.29, 0.717) is 11.8 Å². The Labute approximate surface area is 122 Å². The quantitative estimate of drug-likeness (QED) is 0.588. The first-order chi connectivity index (χ1) is 8.51. The van der Waals surface area contributed by atoms with Gasteiger partial charge in [-0.1, -0.05) is 60.6 Å². The molecule has 0 unspecified atom stereocenters. The van der Waals surface area contributed by atoms with Crippen molar-refractivity contribution in [2.75, 3.05) is 0 Å². The number of rotatable bonds is 4. The van der Waals surface area contributed by atoms with E-state index in [0.717, 1.165) is 6.42 Å². The predicted octanol–water partition coefficient (Wildman–Crippen LogP) is 6.77. The monoisotopic (exact) mass is 286 g/mol. The van der Waals surface area contributed by atoms with Crippen LogP contribution in [0.15, 0.2) is 17.0 Å². The maximum absolute atomic E-state index is 6.04. The molecule has 104 valence electrons. The second-order valence-corrected chi connectivity index (χ2v) is 5.87. The summed E-state index contributed by atoms with van der Waals surface area (Å²) in [5.41, 5.74) is 4.20. The molecule has 0 spiro atoms. The van der Waals surface area contributed by atoms with Crippen LogP contribution in [0.5, 0.6) is 0 Å². The average molecular weight is 287 g/mol. The standard InChI is InChI=1S/C14H21ClS.C2H6/c1-6-11-7-12(9(2)3)14(16-15)13(8-11)10(4)5;1-2/h7-10H,6H2,1-5H3;1-2H3. The van der Waals surface area contributed by atoms with Crippen LogP contribution in [0.1, 0.15) is 77.0 Å². The largest absolute Gasteiger partial charge is 0.0683 e. The molecule has 0 heterocycles. The van der Waals surface area contributed by atoms with E-state index in [-0.39, 0.29) is 0 Å². The number of halogens is 1. The van der Waals surface area contributed by atoms with Gasteiger partial charge in [-0.3, -0.25) is 0 Å². The lowest BCUT2D eigenvalue weighted by Crippen LogP contribution is -2.00. The number of aryl methyl sites for hydroxylation is 1. The van der Waals surface area contributed by atoms with Crippen LogP contribution in [-0.4, -0.2) is 0 Å². The van der Waals surface area contributed by atoms with Crippen molar-refractivity contribution in [3.63, 3.8) is 0 Å². The van der Waals surface area contributed by atoms with Gasteiger partial charge >= 0.3 is 0 Å². The summed E-state index contributed by atoms with van der Waals surface area (Å²) in [4.78, 5) is 1.27. The Morgan fingerprint density at radius 3 is 1.61 bits per heavy atom. The van der Waals surface area contributed by atoms with Gasteiger partial charge in [0.05, 0.1) is 0 Å². The van der Waals surface area contributed by atoms with Gasteiger partial charge in [0.25, 0.3) is 0 Å². The van der Waals surface area contributed by atoms with Crippen LogP contribution in [-0.2, 0) is 6.42 Å². The van der Waals surface area contributed by atoms with Crippen LogP contribution in [0.3, 0.4) is 0 Å². The van der Waals surface area contributed by atoms with Gasteiger partial charge in [0, 0.05) is 4.90 Å². The van der Waals surface area contributed by atoms with E-state index < -0.39 is 0 Å². The molecule has 0 fully saturated rings. The molecule has 0 nitrogen and oxygen atoms in total. The highest BCUT2D eigenvalue weighted by atomic mass is 35.7. The highest BCUT2D eigenvalue weighted by Crippen LogP contribution is 2.38. The molecular formula is C16H27ClS. The third-order valence-electron chi connectivity index (χ3n) is 2.94. The van der Waals surface area contributed by atoms with Crippen molar-refractivity contribution in [2.45, 2.75) is 71.6 Å². The molecule has 1 aromatic carbocycles. The maximum Gasteiger partial charge on any atom is 0.0302 e. The van der Waals surface area contributed by atoms with Gasteiger partial charge in [-0.25, -0.2) is 0 Å². The van der Waals surface area contributed by atoms with Gasteiger partial charge in [-0.15, -0.1) is 0 Å². The lowest BCUT2D eigenvalue weighted by molar-refractivity contribution is 0.788. The van der Waals surface area contributed by atoms with Crippen LogP contribution in [0.25, 0.3) is 0 Å². The molecule has 0 aliphatic heterocycles. The molecule has 0 aliphatic rings. The fourth-order valence-electron chi connectivity index (χ4n) is 1.89. The van der Waals surface area contributed by atoms with Crippen molar-refractivity contribution in [2.24, 2.45) is 0 Å². The molecule has 0 bridgehead atoms. The van der Waals surface area contributed by atoms with E-state index >= 15 is 0 Å². The first kappa shape index (κ1) is 17.9. The van der Waals surface area contributed by atoms with Gasteiger partial charge in [0.1, 0.15) is 0 Å². The fourth-order valence-corrected chi connectivity index (χ4v) is 3.19. The van der Waals surface area contributed by atoms with Gasteiger partial charge < -0.3 is 0 Å². The smallest absolute Gasteiger partial charge is 0.0302 e. The molecule has 18 heavy (non-hydrogen) atoms. The third-order valence-corrected chi connectivity index (χ3v) is 4.02. The molecule has 0 N–H and O–H groups in total. The zero-order chi connectivity index (χ0) is 14.3. The van der Waals surface area contributed by atoms with Crippen LogP contribution in [0.4, 0.5) is 0 Å². The molecule has 0 aliphatic carbocycles. The van der Waals surface area contributed by atoms with Crippen LogP contribution < -0.4 is 0 Å². The summed E-state index contributed by atoms with van der Waals surface area (Å²) >= 11 is 0. The maximum atomic E-state index is 6.04. The molecule has 2 heteroatoms. The Kier molecular flexibility index (Phi) is 8.81. The summed E-state index contributed by atoms with van der Waals surface area (Å²) in [5.74, 6) is 1.07. The summed E-state index contributed by atoms with van der Waals surface area (Å²) in [6.07, 6.45) is 1.09. The number of hydrogen-bond donors (Lipinski definition) is 0. The van der Waals surface area contributed by atoms with E-state index in [9.17, 15) is 0 Å². The molecule has 0 saturated heterocycles. The van der Waals surface area contributed by atoms with E-state index in [4.69, 9.17) is 10.7 Å². The second kappa shape index (κ2) is 8.87. The molecular weight excluding hydrogens is 260 g/mol. The van der Waals surface area contributed by atoms with Crippen molar-refractivity contribution in [3.8, 4) is 0 Å². The van der Waals surface area contributed by atoms with Gasteiger partial charge in [-0.05, 0) is 56.6 Å². The zero-order valence-electron chi connectivity index (χ0n) is 12.8. The molecule has 0 amide bonds. The fraction of sp³-hybridized carbons (Fsp3) is 0.625. The molecule has 1 aromatic rings. The highest BCUT2D eigenvalue weighted by Gasteiger charge is 2.15. The Balaban J connectivity index is 0.00000137. The van der Waals surface area contributed by atoms with Gasteiger partial charge in [0.15, 0.2) is 0 Å². The minimum absolute atomic E-state index is 0.533. The topological polar surface area (TPSA) is 0 Å². The summed E-state index contributed by atoms with van der Waals surface area (Å²) in [6, 6.07) is 4.61. The molecule has 0 atom stereocenters. The van der Waals surface area contributed by atoms with Crippen molar-refractivity contribution < 1.29 is 0 Å². The molecule has 0 saturated carbocycles. The molecule has 0 radical (unpaired) electrons. The Bertz CT molecular complexity index is 327. The highest BCUT2D eigenvalue weighted by molar-refractivity contribution is 8.21. The third kappa shape index (κ3) is 4.51. The number of benzene rings is 1. The lowest BCUT2D eigenvalue weighted by Gasteiger charge is -2.19. The summed E-state index contributed by atoms with van der Waals surface area (Å²) in [7, 11) is 7.41. The van der Waals surface area contributed by atoms with Crippen molar-refractivity contribution in [1.82, 2.24) is 0 Å². The molecule has 1 rings (SSSR count). The van der Waals surface area contributed by atoms with Crippen LogP contribution in [0.2, 0.25) is 0 Å². The first-order valence-electron chi connectivity index (χ1n) is 6.96. The summed E-state index contributed by atoms with van der Waals surface area (Å²) < 4.78 is 0. The summed E-state index contributed by atoms with van der Waals surface area (Å²) in [6.45, 7) is 15.1. The SMILES string of the molecule is CC.CCc1cc(C(C)C)c(SCl)c(C(C)C)c1. The number of hydrogen-bond acceptors (Lipinski definition) is 1. The first-order valence-corrected chi connectivity index (χ1v) is 8.60. The Morgan fingerprint density at radius 1 is 1.00 bits per heavy atom. The van der Waals surface area contributed by atoms with Crippen LogP contribution >= 0.6 is 21.7 Å². The normalized spacial score (nSPS) is 10.6. The predicted molar refractivity (Wildman–Crippen MR) is 87.1 cm³/mol. The average Bonchev–Trinajstić information content (AvgIpc) is 2.39. The second-order valence-electron chi connectivity index (χ2n) is 4.84. The van der Waals surface area contributed by atoms with Crippen molar-refractivity contribution in [3.05, 3.63) is 28.8 Å². The van der Waals surface area contributed by atoms with Crippen LogP contribution in [0, 0.1) is 0 Å². The van der Waals surface area contributed by atoms with E-state index in [2.05, 4.69) is 46.8 Å². The Morgan fingerprint density at radius 2 is 1.39 bits per heavy atom. The zero-order valence-corrected chi connectivity index (χ0v) is 14.4. The minimum Gasteiger partial charge on any atom is -0.0683 e. The van der Waals surface area contributed by atoms with Crippen molar-refractivity contribution in [1.29, 1.82) is 0 Å². The minimum atomic E-state index is 0.533. The van der Waals surface area contributed by atoms with E-state index in [1.165, 1.54) is 32.6 Å². The van der Waals surface area contributed by atoms with E-state index in [1.54, 1.807) is 0 Å². The molecule has 0 aromatic heterocycles. The summed E-state index contributed by atoms with van der Waals surface area (Å²) in [5, 5.41) is 0. The lowest BCUT2D eigenvalue weighted by atomic mass is 9.92. The Hall–Kier alpha value is -0.140. The van der Waals surface area contributed by atoms with E-state index in [1.807, 2.05) is 13.8 Å².